The van der Waals surface area contributed by atoms with Gasteiger partial charge in [0, 0.05) is 68.6 Å². The van der Waals surface area contributed by atoms with E-state index in [1.54, 1.807) is 72.3 Å². The number of nitrogens with one attached hydrogen (secondary N) is 2. The lowest BCUT2D eigenvalue weighted by Crippen LogP contribution is -2.25. The van der Waals surface area contributed by atoms with E-state index in [0.717, 1.165) is 0 Å². The van der Waals surface area contributed by atoms with Gasteiger partial charge < -0.3 is 9.97 Å². The summed E-state index contributed by atoms with van der Waals surface area (Å²) in [6, 6.07) is 12.2. The molecule has 16 heteroatoms. The van der Waals surface area contributed by atoms with Gasteiger partial charge >= 0.3 is 0 Å². The van der Waals surface area contributed by atoms with Gasteiger partial charge in [0.05, 0.1) is 33.9 Å². The van der Waals surface area contributed by atoms with Crippen LogP contribution in [0.3, 0.4) is 0 Å². The lowest BCUT2D eigenvalue weighted by Gasteiger charge is -2.10. The fourth-order valence-corrected chi connectivity index (χ4v) is 7.32. The Hall–Kier alpha value is -7.36. The van der Waals surface area contributed by atoms with Crippen molar-refractivity contribution in [3.05, 3.63) is 154 Å². The molecule has 7 aromatic rings. The first-order valence-corrected chi connectivity index (χ1v) is 17.8. The van der Waals surface area contributed by atoms with E-state index < -0.39 is 80.4 Å². The number of hydrogen-bond donors (Lipinski definition) is 2. The van der Waals surface area contributed by atoms with Crippen LogP contribution in [-0.4, -0.2) is 19.9 Å². The van der Waals surface area contributed by atoms with Gasteiger partial charge in [0.25, 0.3) is 0 Å². The number of nitrogens with zero attached hydrogens (tertiary/aromatic N) is 4. The van der Waals surface area contributed by atoms with Crippen molar-refractivity contribution < 1.29 is 53.0 Å². The minimum Gasteiger partial charge on any atom is -0.354 e. The Labute approximate surface area is 331 Å². The van der Waals surface area contributed by atoms with Crippen molar-refractivity contribution in [2.24, 2.45) is 14.1 Å². The van der Waals surface area contributed by atoms with Gasteiger partial charge in [-0.3, -0.25) is 0 Å². The summed E-state index contributed by atoms with van der Waals surface area (Å²) in [4.78, 5) is 15.4. The van der Waals surface area contributed by atoms with Crippen LogP contribution in [0.4, 0.5) is 43.9 Å². The first-order valence-electron chi connectivity index (χ1n) is 17.8. The van der Waals surface area contributed by atoms with Crippen LogP contribution in [0.1, 0.15) is 22.8 Å². The second kappa shape index (κ2) is 14.2. The molecule has 298 valence electrons. The van der Waals surface area contributed by atoms with Crippen molar-refractivity contribution in [1.82, 2.24) is 19.9 Å². The van der Waals surface area contributed by atoms with Gasteiger partial charge in [0.2, 0.25) is 11.6 Å². The molecule has 0 saturated heterocycles. The van der Waals surface area contributed by atoms with E-state index in [1.807, 2.05) is 0 Å². The Morgan fingerprint density at radius 2 is 0.583 bits per heavy atom. The van der Waals surface area contributed by atoms with Crippen LogP contribution in [-0.2, 0) is 14.1 Å². The minimum absolute atomic E-state index is 0.0865. The van der Waals surface area contributed by atoms with Crippen LogP contribution >= 0.6 is 0 Å². The molecule has 60 heavy (non-hydrogen) atoms. The number of benzene rings is 2. The Kier molecular flexibility index (Phi) is 9.02. The smallest absolute Gasteiger partial charge is 0.200 e. The third kappa shape index (κ3) is 5.96. The van der Waals surface area contributed by atoms with E-state index in [0.29, 0.717) is 11.1 Å². The molecular weight excluding hydrogens is 803 g/mol. The highest BCUT2D eigenvalue weighted by molar-refractivity contribution is 6.00. The molecule has 0 spiro atoms. The molecule has 7 heterocycles. The molecule has 0 unspecified atom stereocenters. The zero-order valence-corrected chi connectivity index (χ0v) is 30.8. The molecule has 5 aromatic heterocycles. The standard InChI is InChI=1S/C44H23F10N6/c1-59-15-11-19(12-16-59)29-21-3-7-25(55-21)31(33-35(45)39(49)43(53)40(50)36(33)46)27-9-5-23(57-27)30(20-13-17-60(2)18-14-20)24-6-10-28(58-24)32(26-8-4-22(29)56-26)34-37(47)41(51)44(54)42(52)38(34)48/h3-18H,1-2H3,(H,55,56,57,58)/q+1/p+1. The number of aromatic nitrogens is 6. The molecule has 0 amide bonds. The molecule has 6 nitrogen and oxygen atoms in total. The Morgan fingerprint density at radius 1 is 0.333 bits per heavy atom. The van der Waals surface area contributed by atoms with Gasteiger partial charge in [-0.05, 0) is 59.7 Å². The largest absolute Gasteiger partial charge is 0.354 e. The van der Waals surface area contributed by atoms with Crippen molar-refractivity contribution in [1.29, 1.82) is 0 Å². The van der Waals surface area contributed by atoms with Gasteiger partial charge in [-0.2, -0.15) is 0 Å². The number of pyridine rings is 2. The first kappa shape index (κ1) is 38.2. The highest BCUT2D eigenvalue weighted by Crippen LogP contribution is 2.42. The van der Waals surface area contributed by atoms with Gasteiger partial charge in [-0.15, -0.1) is 0 Å². The van der Waals surface area contributed by atoms with Crippen LogP contribution < -0.4 is 9.13 Å². The van der Waals surface area contributed by atoms with Crippen molar-refractivity contribution >= 4 is 46.4 Å². The number of aromatic amines is 2. The molecule has 0 atom stereocenters. The normalized spacial score (nSPS) is 12.2. The molecule has 0 fully saturated rings. The van der Waals surface area contributed by atoms with Crippen LogP contribution in [0.2, 0.25) is 0 Å². The van der Waals surface area contributed by atoms with E-state index in [2.05, 4.69) is 19.9 Å². The lowest BCUT2D eigenvalue weighted by molar-refractivity contribution is -0.671. The molecular formula is C44H24F10N6+2. The molecule has 0 saturated carbocycles. The highest BCUT2D eigenvalue weighted by atomic mass is 19.2. The van der Waals surface area contributed by atoms with Crippen LogP contribution in [0.5, 0.6) is 0 Å². The number of H-pyrrole nitrogens is 2. The summed E-state index contributed by atoms with van der Waals surface area (Å²) in [5.74, 6) is -21.8. The van der Waals surface area contributed by atoms with Gasteiger partial charge in [0.15, 0.2) is 71.3 Å². The van der Waals surface area contributed by atoms with Crippen LogP contribution in [0, 0.1) is 58.2 Å². The average Bonchev–Trinajstić information content (AvgIpc) is 4.09. The molecule has 8 bridgehead atoms. The summed E-state index contributed by atoms with van der Waals surface area (Å²) in [5.41, 5.74) is -2.29. The molecule has 9 rings (SSSR count). The molecule has 2 N–H and O–H groups in total. The number of rotatable bonds is 4. The number of halogens is 10. The van der Waals surface area contributed by atoms with Crippen molar-refractivity contribution in [3.63, 3.8) is 0 Å². The zero-order valence-electron chi connectivity index (χ0n) is 30.8. The van der Waals surface area contributed by atoms with E-state index >= 15 is 17.6 Å². The van der Waals surface area contributed by atoms with Gasteiger partial charge in [-0.1, -0.05) is 0 Å². The number of hydrogen-bond acceptors (Lipinski definition) is 2. The monoisotopic (exact) mass is 826 g/mol. The molecule has 0 aliphatic carbocycles. The first-order chi connectivity index (χ1) is 28.7. The maximum atomic E-state index is 15.8. The summed E-state index contributed by atoms with van der Waals surface area (Å²) in [7, 11) is 3.48. The van der Waals surface area contributed by atoms with E-state index in [-0.39, 0.29) is 56.0 Å². The second-order valence-electron chi connectivity index (χ2n) is 13.9. The van der Waals surface area contributed by atoms with Crippen molar-refractivity contribution in [2.45, 2.75) is 0 Å². The zero-order chi connectivity index (χ0) is 42.3. The summed E-state index contributed by atoms with van der Waals surface area (Å²) in [5, 5.41) is 0. The summed E-state index contributed by atoms with van der Waals surface area (Å²) in [6.07, 6.45) is 12.2. The highest BCUT2D eigenvalue weighted by Gasteiger charge is 2.32. The summed E-state index contributed by atoms with van der Waals surface area (Å²) < 4.78 is 155. The van der Waals surface area contributed by atoms with E-state index in [1.165, 1.54) is 48.6 Å². The van der Waals surface area contributed by atoms with Crippen molar-refractivity contribution in [2.75, 3.05) is 0 Å². The molecule has 2 aliphatic rings. The minimum atomic E-state index is -2.35. The molecule has 0 radical (unpaired) electrons. The fourth-order valence-electron chi connectivity index (χ4n) is 7.32. The SMILES string of the molecule is C[n+]1ccc(-c2c3nc(c(-c4c(F)c(F)c(F)c(F)c4F)c4ccc([nH]4)c(-c4cc[n+](C)cc4)c4nc(c(-c5c(F)c(F)c(F)c(F)c5F)c5ccc2[nH]5)C=C4)C=C3)cc1. The number of fused-ring (bicyclic) bond motifs is 8. The maximum Gasteiger partial charge on any atom is 0.200 e. The Balaban J connectivity index is 1.53. The third-order valence-corrected chi connectivity index (χ3v) is 10.2. The fraction of sp³-hybridized carbons (Fsp3) is 0.0455. The lowest BCUT2D eigenvalue weighted by atomic mass is 10.0. The Morgan fingerprint density at radius 3 is 0.883 bits per heavy atom. The maximum absolute atomic E-state index is 15.8. The summed E-state index contributed by atoms with van der Waals surface area (Å²) in [6.45, 7) is 0. The van der Waals surface area contributed by atoms with Crippen molar-refractivity contribution in [3.8, 4) is 44.5 Å². The molecule has 2 aliphatic heterocycles. The van der Waals surface area contributed by atoms with E-state index in [4.69, 9.17) is 0 Å². The molecule has 2 aromatic carbocycles. The predicted octanol–water partition coefficient (Wildman–Crippen LogP) is 10.4. The number of aryl methyl sites for hydroxylation is 2. The van der Waals surface area contributed by atoms with Crippen LogP contribution in [0.25, 0.3) is 90.9 Å². The summed E-state index contributed by atoms with van der Waals surface area (Å²) >= 11 is 0. The third-order valence-electron chi connectivity index (χ3n) is 10.2. The van der Waals surface area contributed by atoms with E-state index in [9.17, 15) is 26.3 Å². The second-order valence-corrected chi connectivity index (χ2v) is 13.9. The van der Waals surface area contributed by atoms with Gasteiger partial charge in [0.1, 0.15) is 14.1 Å². The predicted molar refractivity (Wildman–Crippen MR) is 203 cm³/mol. The Bertz CT molecular complexity index is 2950. The van der Waals surface area contributed by atoms with Crippen LogP contribution in [0.15, 0.2) is 73.3 Å². The van der Waals surface area contributed by atoms with Gasteiger partial charge in [-0.25, -0.2) is 63.0 Å². The quantitative estimate of drug-likeness (QED) is 0.0804. The topological polar surface area (TPSA) is 65.1 Å². The average molecular weight is 827 g/mol.